The number of carbonyl (C=O) groups is 1. The van der Waals surface area contributed by atoms with E-state index in [1.807, 2.05) is 0 Å². The molecule has 1 rings (SSSR count). The molecule has 6 heteroatoms. The van der Waals surface area contributed by atoms with E-state index in [2.05, 4.69) is 0 Å². The van der Waals surface area contributed by atoms with Crippen molar-refractivity contribution in [2.45, 2.75) is 18.8 Å². The number of carboxylic acids is 1. The largest absolute Gasteiger partial charge is 0.496 e. The molecule has 0 saturated heterocycles. The van der Waals surface area contributed by atoms with Crippen molar-refractivity contribution < 1.29 is 23.4 Å². The molecule has 0 aliphatic carbocycles. The lowest BCUT2D eigenvalue weighted by molar-refractivity contribution is -0.165. The summed E-state index contributed by atoms with van der Waals surface area (Å²) in [6, 6.07) is 4.61. The Kier molecular flexibility index (Phi) is 4.28. The number of hydrogen-bond acceptors (Lipinski definition) is 2. The molecule has 0 bridgehead atoms. The summed E-state index contributed by atoms with van der Waals surface area (Å²) in [5, 5.41) is 8.68. The normalized spacial score (nSPS) is 11.3. The van der Waals surface area contributed by atoms with E-state index in [1.165, 1.54) is 13.2 Å². The first kappa shape index (κ1) is 13.7. The third-order valence-corrected chi connectivity index (χ3v) is 2.50. The summed E-state index contributed by atoms with van der Waals surface area (Å²) in [6.07, 6.45) is -0.915. The molecule has 0 heterocycles. The Bertz CT molecular complexity index is 421. The van der Waals surface area contributed by atoms with Gasteiger partial charge in [0.2, 0.25) is 0 Å². The summed E-state index contributed by atoms with van der Waals surface area (Å²) in [4.78, 5) is 10.3. The molecule has 0 aliphatic heterocycles. The minimum absolute atomic E-state index is 0.122. The van der Waals surface area contributed by atoms with Gasteiger partial charge < -0.3 is 9.84 Å². The molecule has 0 atom stereocenters. The number of alkyl halides is 2. The Hall–Kier alpha value is -1.36. The van der Waals surface area contributed by atoms with Gasteiger partial charge in [0.05, 0.1) is 7.11 Å². The second kappa shape index (κ2) is 5.31. The summed E-state index contributed by atoms with van der Waals surface area (Å²) in [7, 11) is 1.40. The Morgan fingerprint density at radius 3 is 2.71 bits per heavy atom. The molecule has 1 aromatic carbocycles. The van der Waals surface area contributed by atoms with Crippen LogP contribution in [0.1, 0.15) is 12.0 Å². The quantitative estimate of drug-likeness (QED) is 0.889. The van der Waals surface area contributed by atoms with Gasteiger partial charge in [-0.1, -0.05) is 11.6 Å². The summed E-state index contributed by atoms with van der Waals surface area (Å²) in [5.41, 5.74) is 0.459. The average Bonchev–Trinajstić information content (AvgIpc) is 2.26. The van der Waals surface area contributed by atoms with Crippen LogP contribution in [-0.2, 0) is 11.2 Å². The molecule has 1 N–H and O–H groups in total. The molecule has 0 aromatic heterocycles. The van der Waals surface area contributed by atoms with Crippen LogP contribution >= 0.6 is 11.6 Å². The number of methoxy groups -OCH3 is 1. The number of carboxylic acid groups (broad SMARTS) is 1. The highest BCUT2D eigenvalue weighted by Crippen LogP contribution is 2.27. The number of aliphatic carboxylic acids is 1. The molecule has 0 fully saturated rings. The second-order valence-electron chi connectivity index (χ2n) is 3.47. The van der Waals surface area contributed by atoms with E-state index >= 15 is 0 Å². The minimum atomic E-state index is -3.74. The molecule has 17 heavy (non-hydrogen) atoms. The zero-order valence-corrected chi connectivity index (χ0v) is 9.80. The molecule has 0 aliphatic rings. The fourth-order valence-electron chi connectivity index (χ4n) is 1.34. The van der Waals surface area contributed by atoms with Gasteiger partial charge in [-0.2, -0.15) is 8.78 Å². The summed E-state index contributed by atoms with van der Waals surface area (Å²) >= 11 is 5.73. The second-order valence-corrected chi connectivity index (χ2v) is 3.90. The predicted octanol–water partition coefficient (Wildman–Crippen LogP) is 3.00. The fraction of sp³-hybridized carbons (Fsp3) is 0.364. The third-order valence-electron chi connectivity index (χ3n) is 2.26. The van der Waals surface area contributed by atoms with Crippen LogP contribution in [0.2, 0.25) is 5.02 Å². The summed E-state index contributed by atoms with van der Waals surface area (Å²) in [6.45, 7) is 0. The van der Waals surface area contributed by atoms with Gasteiger partial charge in [0.25, 0.3) is 0 Å². The van der Waals surface area contributed by atoms with Crippen molar-refractivity contribution in [1.29, 1.82) is 0 Å². The molecule has 0 unspecified atom stereocenters. The first-order chi connectivity index (χ1) is 7.86. The first-order valence-corrected chi connectivity index (χ1v) is 5.18. The summed E-state index contributed by atoms with van der Waals surface area (Å²) in [5.74, 6) is -5.46. The van der Waals surface area contributed by atoms with Crippen LogP contribution in [0, 0.1) is 0 Å². The van der Waals surface area contributed by atoms with Crippen molar-refractivity contribution in [3.05, 3.63) is 28.8 Å². The van der Waals surface area contributed by atoms with E-state index in [-0.39, 0.29) is 6.42 Å². The maximum atomic E-state index is 12.9. The van der Waals surface area contributed by atoms with E-state index in [4.69, 9.17) is 21.4 Å². The highest BCUT2D eigenvalue weighted by Gasteiger charge is 2.38. The topological polar surface area (TPSA) is 46.5 Å². The van der Waals surface area contributed by atoms with E-state index in [0.29, 0.717) is 16.3 Å². The fourth-order valence-corrected chi connectivity index (χ4v) is 1.54. The maximum absolute atomic E-state index is 12.9. The number of benzene rings is 1. The SMILES string of the molecule is COc1ccc(Cl)cc1CCC(F)(F)C(=O)O. The molecule has 1 aromatic rings. The zero-order valence-electron chi connectivity index (χ0n) is 9.04. The van der Waals surface area contributed by atoms with Gasteiger partial charge in [0, 0.05) is 11.4 Å². The highest BCUT2D eigenvalue weighted by molar-refractivity contribution is 6.30. The van der Waals surface area contributed by atoms with Crippen LogP contribution in [0.3, 0.4) is 0 Å². The molecular formula is C11H11ClF2O3. The van der Waals surface area contributed by atoms with E-state index in [1.54, 1.807) is 12.1 Å². The van der Waals surface area contributed by atoms with Crippen molar-refractivity contribution in [2.75, 3.05) is 7.11 Å². The monoisotopic (exact) mass is 264 g/mol. The number of ether oxygens (including phenoxy) is 1. The van der Waals surface area contributed by atoms with Gasteiger partial charge in [-0.25, -0.2) is 4.79 Å². The number of halogens is 3. The third kappa shape index (κ3) is 3.56. The highest BCUT2D eigenvalue weighted by atomic mass is 35.5. The number of rotatable bonds is 5. The van der Waals surface area contributed by atoms with E-state index in [9.17, 15) is 13.6 Å². The lowest BCUT2D eigenvalue weighted by Crippen LogP contribution is -2.28. The molecule has 0 radical (unpaired) electrons. The van der Waals surface area contributed by atoms with Crippen molar-refractivity contribution in [3.8, 4) is 5.75 Å². The van der Waals surface area contributed by atoms with Crippen molar-refractivity contribution in [3.63, 3.8) is 0 Å². The molecular weight excluding hydrogens is 254 g/mol. The maximum Gasteiger partial charge on any atom is 0.374 e. The average molecular weight is 265 g/mol. The minimum Gasteiger partial charge on any atom is -0.496 e. The van der Waals surface area contributed by atoms with Crippen molar-refractivity contribution in [1.82, 2.24) is 0 Å². The first-order valence-electron chi connectivity index (χ1n) is 4.80. The van der Waals surface area contributed by atoms with Crippen molar-refractivity contribution in [2.24, 2.45) is 0 Å². The van der Waals surface area contributed by atoms with Gasteiger partial charge >= 0.3 is 11.9 Å². The smallest absolute Gasteiger partial charge is 0.374 e. The van der Waals surface area contributed by atoms with Crippen LogP contribution < -0.4 is 4.74 Å². The molecule has 0 spiro atoms. The van der Waals surface area contributed by atoms with Gasteiger partial charge in [0.15, 0.2) is 0 Å². The van der Waals surface area contributed by atoms with Gasteiger partial charge in [-0.15, -0.1) is 0 Å². The van der Waals surface area contributed by atoms with Crippen LogP contribution in [0.4, 0.5) is 8.78 Å². The van der Waals surface area contributed by atoms with E-state index < -0.39 is 18.3 Å². The lowest BCUT2D eigenvalue weighted by atomic mass is 10.1. The Morgan fingerprint density at radius 1 is 1.53 bits per heavy atom. The molecule has 0 saturated carbocycles. The van der Waals surface area contributed by atoms with Crippen LogP contribution in [0.5, 0.6) is 5.75 Å². The van der Waals surface area contributed by atoms with Crippen LogP contribution in [0.25, 0.3) is 0 Å². The molecule has 3 nitrogen and oxygen atoms in total. The van der Waals surface area contributed by atoms with Gasteiger partial charge in [-0.3, -0.25) is 0 Å². The van der Waals surface area contributed by atoms with E-state index in [0.717, 1.165) is 0 Å². The van der Waals surface area contributed by atoms with Gasteiger partial charge in [0.1, 0.15) is 5.75 Å². The predicted molar refractivity (Wildman–Crippen MR) is 58.9 cm³/mol. The lowest BCUT2D eigenvalue weighted by Gasteiger charge is -2.13. The standard InChI is InChI=1S/C11H11ClF2O3/c1-17-9-3-2-8(12)6-7(9)4-5-11(13,14)10(15)16/h2-3,6H,4-5H2,1H3,(H,15,16). The molecule has 94 valence electrons. The molecule has 0 amide bonds. The van der Waals surface area contributed by atoms with Crippen LogP contribution in [-0.4, -0.2) is 24.1 Å². The van der Waals surface area contributed by atoms with Crippen molar-refractivity contribution >= 4 is 17.6 Å². The van der Waals surface area contributed by atoms with Gasteiger partial charge in [-0.05, 0) is 30.2 Å². The Balaban J connectivity index is 2.81. The number of aryl methyl sites for hydroxylation is 1. The zero-order chi connectivity index (χ0) is 13.1. The Morgan fingerprint density at radius 2 is 2.18 bits per heavy atom. The van der Waals surface area contributed by atoms with Crippen LogP contribution in [0.15, 0.2) is 18.2 Å². The number of hydrogen-bond donors (Lipinski definition) is 1. The Labute approximate surface area is 102 Å². The summed E-state index contributed by atoms with van der Waals surface area (Å²) < 4.78 is 30.8.